The first kappa shape index (κ1) is 22.0. The van der Waals surface area contributed by atoms with Crippen molar-refractivity contribution >= 4 is 23.5 Å². The summed E-state index contributed by atoms with van der Waals surface area (Å²) < 4.78 is 11.0. The van der Waals surface area contributed by atoms with Crippen molar-refractivity contribution < 1.29 is 14.3 Å². The fraction of sp³-hybridized carbons (Fsp3) is 0.409. The minimum Gasteiger partial charge on any atom is -0.497 e. The van der Waals surface area contributed by atoms with Crippen molar-refractivity contribution in [2.24, 2.45) is 0 Å². The molecule has 0 radical (unpaired) electrons. The third-order valence-electron chi connectivity index (χ3n) is 3.97. The topological polar surface area (TPSA) is 50.8 Å². The second kappa shape index (κ2) is 9.73. The monoisotopic (exact) mass is 402 g/mol. The predicted molar refractivity (Wildman–Crippen MR) is 117 cm³/mol. The summed E-state index contributed by atoms with van der Waals surface area (Å²) in [6.07, 6.45) is 0. The number of amides is 2. The van der Waals surface area contributed by atoms with Gasteiger partial charge in [-0.15, -0.1) is 11.8 Å². The molecule has 0 bridgehead atoms. The van der Waals surface area contributed by atoms with Gasteiger partial charge < -0.3 is 19.7 Å². The van der Waals surface area contributed by atoms with Gasteiger partial charge in [-0.1, -0.05) is 20.8 Å². The average molecular weight is 403 g/mol. The Morgan fingerprint density at radius 2 is 1.75 bits per heavy atom. The zero-order chi connectivity index (χ0) is 20.7. The van der Waals surface area contributed by atoms with Gasteiger partial charge in [0.05, 0.1) is 13.7 Å². The number of hydrogen-bond donors (Lipinski definition) is 1. The van der Waals surface area contributed by atoms with Crippen LogP contribution in [0.15, 0.2) is 47.4 Å². The Hall–Kier alpha value is -2.34. The number of likely N-dealkylation sites (N-methyl/N-ethyl adjacent to an activating group) is 1. The normalized spacial score (nSPS) is 11.1. The molecule has 0 saturated carbocycles. The highest BCUT2D eigenvalue weighted by molar-refractivity contribution is 8.00. The summed E-state index contributed by atoms with van der Waals surface area (Å²) in [5.41, 5.74) is 1.87. The molecule has 0 heterocycles. The minimum atomic E-state index is -0.155. The Labute approximate surface area is 172 Å². The Morgan fingerprint density at radius 1 is 1.11 bits per heavy atom. The van der Waals surface area contributed by atoms with Crippen LogP contribution >= 0.6 is 11.8 Å². The lowest BCUT2D eigenvalue weighted by atomic mass is 10.2. The third-order valence-corrected chi connectivity index (χ3v) is 5.07. The molecule has 1 N–H and O–H groups in total. The molecule has 2 rings (SSSR count). The van der Waals surface area contributed by atoms with Crippen LogP contribution in [-0.2, 0) is 0 Å². The summed E-state index contributed by atoms with van der Waals surface area (Å²) in [7, 11) is 3.38. The van der Waals surface area contributed by atoms with Crippen molar-refractivity contribution in [3.8, 4) is 11.5 Å². The van der Waals surface area contributed by atoms with Crippen molar-refractivity contribution in [1.82, 2.24) is 4.90 Å². The number of ether oxygens (including phenoxy) is 2. The lowest BCUT2D eigenvalue weighted by Gasteiger charge is -2.20. The number of hydrogen-bond acceptors (Lipinski definition) is 4. The molecular weight excluding hydrogens is 372 g/mol. The van der Waals surface area contributed by atoms with Crippen molar-refractivity contribution in [2.75, 3.05) is 32.6 Å². The fourth-order valence-corrected chi connectivity index (χ4v) is 3.56. The van der Waals surface area contributed by atoms with E-state index in [9.17, 15) is 4.79 Å². The molecular formula is C22H30N2O3S. The zero-order valence-corrected chi connectivity index (χ0v) is 18.4. The lowest BCUT2D eigenvalue weighted by Crippen LogP contribution is -2.34. The van der Waals surface area contributed by atoms with E-state index in [1.807, 2.05) is 55.1 Å². The molecule has 5 nitrogen and oxygen atoms in total. The Kier molecular flexibility index (Phi) is 7.63. The van der Waals surface area contributed by atoms with Gasteiger partial charge in [0.1, 0.15) is 18.1 Å². The van der Waals surface area contributed by atoms with Crippen molar-refractivity contribution in [2.45, 2.75) is 37.3 Å². The number of methoxy groups -OCH3 is 1. The van der Waals surface area contributed by atoms with Crippen LogP contribution in [0.25, 0.3) is 0 Å². The summed E-state index contributed by atoms with van der Waals surface area (Å²) in [6, 6.07) is 13.3. The molecule has 0 saturated heterocycles. The molecule has 0 atom stereocenters. The van der Waals surface area contributed by atoms with Gasteiger partial charge in [0.25, 0.3) is 0 Å². The molecule has 2 aromatic rings. The van der Waals surface area contributed by atoms with Gasteiger partial charge in [-0.25, -0.2) is 4.79 Å². The van der Waals surface area contributed by atoms with Crippen LogP contribution in [0.1, 0.15) is 26.3 Å². The highest BCUT2D eigenvalue weighted by atomic mass is 32.2. The maximum absolute atomic E-state index is 12.4. The van der Waals surface area contributed by atoms with Gasteiger partial charge in [-0.05, 0) is 55.0 Å². The number of carbonyl (C=O) groups is 1. The van der Waals surface area contributed by atoms with Gasteiger partial charge in [0, 0.05) is 22.4 Å². The molecule has 0 aliphatic rings. The van der Waals surface area contributed by atoms with Gasteiger partial charge >= 0.3 is 6.03 Å². The Balaban J connectivity index is 1.84. The minimum absolute atomic E-state index is 0.154. The third kappa shape index (κ3) is 7.00. The smallest absolute Gasteiger partial charge is 0.321 e. The first-order valence-corrected chi connectivity index (χ1v) is 10.1. The van der Waals surface area contributed by atoms with Gasteiger partial charge in [-0.3, -0.25) is 0 Å². The maximum atomic E-state index is 12.4. The molecule has 0 aliphatic heterocycles. The molecule has 2 aromatic carbocycles. The van der Waals surface area contributed by atoms with Crippen LogP contribution in [-0.4, -0.2) is 43.0 Å². The molecule has 2 amide bonds. The second-order valence-corrected chi connectivity index (χ2v) is 9.47. The summed E-state index contributed by atoms with van der Waals surface area (Å²) in [4.78, 5) is 15.3. The number of nitrogens with one attached hydrogen (secondary N) is 1. The second-order valence-electron chi connectivity index (χ2n) is 7.57. The van der Waals surface area contributed by atoms with Gasteiger partial charge in [-0.2, -0.15) is 0 Å². The first-order valence-electron chi connectivity index (χ1n) is 9.26. The van der Waals surface area contributed by atoms with E-state index in [2.05, 4.69) is 32.2 Å². The number of anilines is 1. The largest absolute Gasteiger partial charge is 0.497 e. The van der Waals surface area contributed by atoms with E-state index < -0.39 is 0 Å². The molecule has 0 aromatic heterocycles. The fourth-order valence-electron chi connectivity index (χ4n) is 2.48. The highest BCUT2D eigenvalue weighted by Crippen LogP contribution is 2.33. The molecule has 152 valence electrons. The van der Waals surface area contributed by atoms with Crippen LogP contribution in [0.4, 0.5) is 10.5 Å². The van der Waals surface area contributed by atoms with Gasteiger partial charge in [0.15, 0.2) is 0 Å². The quantitative estimate of drug-likeness (QED) is 0.627. The highest BCUT2D eigenvalue weighted by Gasteiger charge is 2.14. The number of nitrogens with zero attached hydrogens (tertiary/aromatic N) is 1. The van der Waals surface area contributed by atoms with Crippen LogP contribution in [0.3, 0.4) is 0 Å². The summed E-state index contributed by atoms with van der Waals surface area (Å²) in [5, 5.41) is 2.97. The van der Waals surface area contributed by atoms with E-state index in [4.69, 9.17) is 9.47 Å². The number of benzene rings is 2. The van der Waals surface area contributed by atoms with Crippen LogP contribution in [0, 0.1) is 6.92 Å². The van der Waals surface area contributed by atoms with Crippen LogP contribution in [0.5, 0.6) is 11.5 Å². The number of rotatable bonds is 7. The SMILES string of the molecule is COc1ccc(OCCN(C)C(=O)Nc2ccc(SC(C)(C)C)cc2C)cc1. The number of thioether (sulfide) groups is 1. The van der Waals surface area contributed by atoms with E-state index in [-0.39, 0.29) is 10.8 Å². The van der Waals surface area contributed by atoms with E-state index in [0.717, 1.165) is 22.7 Å². The maximum Gasteiger partial charge on any atom is 0.321 e. The average Bonchev–Trinajstić information content (AvgIpc) is 2.63. The molecule has 0 unspecified atom stereocenters. The standard InChI is InChI=1S/C22H30N2O3S/c1-16-15-19(28-22(2,3)4)11-12-20(16)23-21(25)24(5)13-14-27-18-9-7-17(26-6)8-10-18/h7-12,15H,13-14H2,1-6H3,(H,23,25). The lowest BCUT2D eigenvalue weighted by molar-refractivity contribution is 0.207. The molecule has 6 heteroatoms. The van der Waals surface area contributed by atoms with Crippen LogP contribution < -0.4 is 14.8 Å². The predicted octanol–water partition coefficient (Wildman–Crippen LogP) is 5.44. The van der Waals surface area contributed by atoms with Crippen LogP contribution in [0.2, 0.25) is 0 Å². The summed E-state index contributed by atoms with van der Waals surface area (Å²) >= 11 is 1.81. The van der Waals surface area contributed by atoms with Crippen molar-refractivity contribution in [3.63, 3.8) is 0 Å². The number of carbonyl (C=O) groups excluding carboxylic acids is 1. The Bertz CT molecular complexity index is 785. The molecule has 0 fully saturated rings. The van der Waals surface area contributed by atoms with E-state index >= 15 is 0 Å². The zero-order valence-electron chi connectivity index (χ0n) is 17.5. The molecule has 0 aliphatic carbocycles. The number of aryl methyl sites for hydroxylation is 1. The van der Waals surface area contributed by atoms with E-state index in [0.29, 0.717) is 13.2 Å². The van der Waals surface area contributed by atoms with Crippen molar-refractivity contribution in [1.29, 1.82) is 0 Å². The van der Waals surface area contributed by atoms with E-state index in [1.165, 1.54) is 4.90 Å². The molecule has 28 heavy (non-hydrogen) atoms. The Morgan fingerprint density at radius 3 is 2.32 bits per heavy atom. The molecule has 0 spiro atoms. The van der Waals surface area contributed by atoms with Gasteiger partial charge in [0.2, 0.25) is 0 Å². The van der Waals surface area contributed by atoms with Crippen molar-refractivity contribution in [3.05, 3.63) is 48.0 Å². The number of urea groups is 1. The first-order chi connectivity index (χ1) is 13.2. The summed E-state index contributed by atoms with van der Waals surface area (Å²) in [6.45, 7) is 9.46. The van der Waals surface area contributed by atoms with E-state index in [1.54, 1.807) is 19.1 Å². The summed E-state index contributed by atoms with van der Waals surface area (Å²) in [5.74, 6) is 1.53.